The molecule has 3 aromatic rings. The van der Waals surface area contributed by atoms with Crippen LogP contribution in [0.1, 0.15) is 5.76 Å². The van der Waals surface area contributed by atoms with E-state index >= 15 is 0 Å². The Bertz CT molecular complexity index is 1460. The third-order valence-corrected chi connectivity index (χ3v) is 7.10. The molecular formula is C26H30O14. The molecule has 0 saturated carbocycles. The number of hydrogen-bond acceptors (Lipinski definition) is 14. The third kappa shape index (κ3) is 4.87. The van der Waals surface area contributed by atoms with Crippen molar-refractivity contribution in [2.75, 3.05) is 26.9 Å². The lowest BCUT2D eigenvalue weighted by Gasteiger charge is -2.40. The molecule has 0 spiro atoms. The van der Waals surface area contributed by atoms with Gasteiger partial charge in [0.15, 0.2) is 17.3 Å². The number of phenolic OH excluding ortho intramolecular Hbond substituents is 1. The van der Waals surface area contributed by atoms with Gasteiger partial charge in [-0.05, 0) is 24.4 Å². The lowest BCUT2D eigenvalue weighted by molar-refractivity contribution is -0.289. The van der Waals surface area contributed by atoms with Gasteiger partial charge in [0.1, 0.15) is 64.5 Å². The number of aromatic hydroxyl groups is 1. The summed E-state index contributed by atoms with van der Waals surface area (Å²) in [7, 11) is 1.40. The number of aliphatic hydroxyl groups is 6. The normalized spacial score (nSPS) is 32.5. The topological polar surface area (TPSA) is 218 Å². The van der Waals surface area contributed by atoms with E-state index in [-0.39, 0.29) is 39.4 Å². The molecule has 5 rings (SSSR count). The lowest BCUT2D eigenvalue weighted by atomic mass is 9.99. The van der Waals surface area contributed by atoms with Gasteiger partial charge < -0.3 is 63.8 Å². The van der Waals surface area contributed by atoms with Gasteiger partial charge in [-0.1, -0.05) is 0 Å². The minimum Gasteiger partial charge on any atom is -0.507 e. The van der Waals surface area contributed by atoms with Gasteiger partial charge in [0.2, 0.25) is 6.29 Å². The van der Waals surface area contributed by atoms with Crippen LogP contribution in [0.15, 0.2) is 33.5 Å². The second-order valence-corrected chi connectivity index (χ2v) is 9.90. The summed E-state index contributed by atoms with van der Waals surface area (Å²) in [6, 6.07) is 5.55. The molecule has 2 saturated heterocycles. The number of phenols is 1. The van der Waals surface area contributed by atoms with Crippen molar-refractivity contribution in [3.8, 4) is 17.2 Å². The number of ether oxygens (including phenoxy) is 5. The van der Waals surface area contributed by atoms with Crippen molar-refractivity contribution in [1.29, 1.82) is 0 Å². The molecule has 8 unspecified atom stereocenters. The quantitative estimate of drug-likeness (QED) is 0.164. The van der Waals surface area contributed by atoms with Crippen LogP contribution in [-0.4, -0.2) is 111 Å². The Kier molecular flexibility index (Phi) is 7.64. The maximum Gasteiger partial charge on any atom is 0.229 e. The molecule has 218 valence electrons. The van der Waals surface area contributed by atoms with Gasteiger partial charge in [0.25, 0.3) is 0 Å². The van der Waals surface area contributed by atoms with Crippen molar-refractivity contribution in [3.05, 3.63) is 40.2 Å². The zero-order chi connectivity index (χ0) is 28.9. The van der Waals surface area contributed by atoms with Gasteiger partial charge in [0, 0.05) is 12.1 Å². The summed E-state index contributed by atoms with van der Waals surface area (Å²) in [6.07, 6.45) is -11.0. The van der Waals surface area contributed by atoms with E-state index in [9.17, 15) is 40.5 Å². The van der Waals surface area contributed by atoms with Crippen molar-refractivity contribution in [2.45, 2.75) is 55.6 Å². The molecule has 14 nitrogen and oxygen atoms in total. The highest BCUT2D eigenvalue weighted by molar-refractivity contribution is 6.10. The van der Waals surface area contributed by atoms with Gasteiger partial charge in [-0.25, -0.2) is 0 Å². The van der Waals surface area contributed by atoms with Gasteiger partial charge in [-0.15, -0.1) is 0 Å². The summed E-state index contributed by atoms with van der Waals surface area (Å²) < 4.78 is 33.4. The first kappa shape index (κ1) is 28.5. The predicted molar refractivity (Wildman–Crippen MR) is 134 cm³/mol. The van der Waals surface area contributed by atoms with Crippen molar-refractivity contribution >= 4 is 21.7 Å². The van der Waals surface area contributed by atoms with Crippen LogP contribution < -0.4 is 14.9 Å². The average molecular weight is 567 g/mol. The van der Waals surface area contributed by atoms with Crippen molar-refractivity contribution in [1.82, 2.24) is 0 Å². The minimum absolute atomic E-state index is 0.00275. The summed E-state index contributed by atoms with van der Waals surface area (Å²) in [4.78, 5) is 12.6. The highest BCUT2D eigenvalue weighted by Crippen LogP contribution is 2.41. The van der Waals surface area contributed by atoms with Gasteiger partial charge in [-0.3, -0.25) is 4.79 Å². The van der Waals surface area contributed by atoms with Crippen LogP contribution >= 0.6 is 0 Å². The van der Waals surface area contributed by atoms with E-state index < -0.39 is 74.0 Å². The fourth-order valence-corrected chi connectivity index (χ4v) is 4.83. The smallest absolute Gasteiger partial charge is 0.229 e. The van der Waals surface area contributed by atoms with Crippen LogP contribution in [0.4, 0.5) is 0 Å². The van der Waals surface area contributed by atoms with Crippen LogP contribution in [0.3, 0.4) is 0 Å². The molecule has 8 atom stereocenters. The molecule has 14 heteroatoms. The fraction of sp³-hybridized carbons (Fsp3) is 0.500. The highest BCUT2D eigenvalue weighted by Gasteiger charge is 2.50. The number of methoxy groups -OCH3 is 1. The van der Waals surface area contributed by atoms with Crippen LogP contribution in [0.2, 0.25) is 0 Å². The molecule has 0 aliphatic carbocycles. The van der Waals surface area contributed by atoms with E-state index in [0.717, 1.165) is 0 Å². The zero-order valence-corrected chi connectivity index (χ0v) is 21.5. The van der Waals surface area contributed by atoms with E-state index in [1.807, 2.05) is 0 Å². The first-order valence-corrected chi connectivity index (χ1v) is 12.4. The van der Waals surface area contributed by atoms with Crippen molar-refractivity contribution < 1.29 is 63.8 Å². The van der Waals surface area contributed by atoms with E-state index in [0.29, 0.717) is 5.39 Å². The van der Waals surface area contributed by atoms with Crippen LogP contribution in [-0.2, 0) is 14.2 Å². The molecule has 3 heterocycles. The summed E-state index contributed by atoms with van der Waals surface area (Å²) in [5, 5.41) is 72.4. The Morgan fingerprint density at radius 2 is 1.77 bits per heavy atom. The molecule has 0 radical (unpaired) electrons. The Morgan fingerprint density at radius 3 is 2.45 bits per heavy atom. The molecule has 2 aliphatic heterocycles. The second kappa shape index (κ2) is 10.7. The largest absolute Gasteiger partial charge is 0.507 e. The van der Waals surface area contributed by atoms with E-state index in [1.165, 1.54) is 25.3 Å². The van der Waals surface area contributed by atoms with E-state index in [2.05, 4.69) is 0 Å². The predicted octanol–water partition coefficient (Wildman–Crippen LogP) is -1.39. The number of benzene rings is 2. The van der Waals surface area contributed by atoms with Crippen LogP contribution in [0, 0.1) is 6.92 Å². The molecule has 0 amide bonds. The summed E-state index contributed by atoms with van der Waals surface area (Å²) >= 11 is 0. The van der Waals surface area contributed by atoms with Crippen molar-refractivity contribution in [3.63, 3.8) is 0 Å². The standard InChI is InChI=1S/C26H30O14/c1-10-3-13(28)18-14(29)5-11-4-12(35-2)6-15(17(11)22(18)38-10)39-24-21(32)20(31)19(30)16(40-24)7-36-25-23(33)26(34,8-27)9-37-25/h3-6,16,19-21,23-25,27,29-34H,7-9H2,1-2H3. The molecule has 0 bridgehead atoms. The molecule has 2 aliphatic rings. The molecule has 1 aromatic heterocycles. The SMILES string of the molecule is COc1cc(OC2OC(COC3OCC(O)(CO)C3O)C(O)C(O)C2O)c2c(c1)cc(O)c1c(=O)cc(C)oc12. The Hall–Kier alpha value is -3.05. The number of aryl methyl sites for hydroxylation is 1. The summed E-state index contributed by atoms with van der Waals surface area (Å²) in [6.45, 7) is -0.0994. The second-order valence-electron chi connectivity index (χ2n) is 9.90. The van der Waals surface area contributed by atoms with E-state index in [4.69, 9.17) is 28.1 Å². The zero-order valence-electron chi connectivity index (χ0n) is 21.5. The number of aliphatic hydroxyl groups excluding tert-OH is 5. The Morgan fingerprint density at radius 1 is 1.02 bits per heavy atom. The van der Waals surface area contributed by atoms with Crippen molar-refractivity contribution in [2.24, 2.45) is 0 Å². The molecule has 2 aromatic carbocycles. The summed E-state index contributed by atoms with van der Waals surface area (Å²) in [5.41, 5.74) is -2.42. The fourth-order valence-electron chi connectivity index (χ4n) is 4.83. The van der Waals surface area contributed by atoms with Crippen LogP contribution in [0.25, 0.3) is 21.7 Å². The Labute approximate surface area is 226 Å². The monoisotopic (exact) mass is 566 g/mol. The number of fused-ring (bicyclic) bond motifs is 3. The number of rotatable bonds is 7. The number of hydrogen-bond donors (Lipinski definition) is 7. The summed E-state index contributed by atoms with van der Waals surface area (Å²) in [5.74, 6) is 0.221. The molecule has 2 fully saturated rings. The highest BCUT2D eigenvalue weighted by atomic mass is 16.7. The Balaban J connectivity index is 1.47. The maximum atomic E-state index is 12.6. The third-order valence-electron chi connectivity index (χ3n) is 7.10. The lowest BCUT2D eigenvalue weighted by Crippen LogP contribution is -2.60. The first-order chi connectivity index (χ1) is 19.0. The van der Waals surface area contributed by atoms with Gasteiger partial charge in [0.05, 0.1) is 32.3 Å². The average Bonchev–Trinajstić information content (AvgIpc) is 3.21. The van der Waals surface area contributed by atoms with Gasteiger partial charge >= 0.3 is 0 Å². The van der Waals surface area contributed by atoms with Crippen LogP contribution in [0.5, 0.6) is 17.2 Å². The molecule has 40 heavy (non-hydrogen) atoms. The van der Waals surface area contributed by atoms with Gasteiger partial charge in [-0.2, -0.15) is 0 Å². The minimum atomic E-state index is -1.93. The first-order valence-electron chi connectivity index (χ1n) is 12.4. The molecular weight excluding hydrogens is 536 g/mol. The van der Waals surface area contributed by atoms with E-state index in [1.54, 1.807) is 13.0 Å². The maximum absolute atomic E-state index is 12.6. The molecule has 7 N–H and O–H groups in total.